The Bertz CT molecular complexity index is 865. The first-order chi connectivity index (χ1) is 10.8. The van der Waals surface area contributed by atoms with Gasteiger partial charge in [-0.25, -0.2) is 4.98 Å². The molecule has 3 aromatic rings. The molecule has 1 aliphatic rings. The highest BCUT2D eigenvalue weighted by Gasteiger charge is 2.26. The molecular weight excluding hydrogens is 280 g/mol. The first-order valence-corrected chi connectivity index (χ1v) is 7.47. The van der Waals surface area contributed by atoms with E-state index in [1.54, 1.807) is 12.5 Å². The van der Waals surface area contributed by atoms with Gasteiger partial charge in [0.05, 0.1) is 43.7 Å². The van der Waals surface area contributed by atoms with Gasteiger partial charge in [0.1, 0.15) is 22.4 Å². The second-order valence-electron chi connectivity index (χ2n) is 5.70. The Kier molecular flexibility index (Phi) is 3.09. The Balaban J connectivity index is 1.77. The van der Waals surface area contributed by atoms with Crippen molar-refractivity contribution in [2.45, 2.75) is 38.3 Å². The van der Waals surface area contributed by atoms with Gasteiger partial charge in [0.2, 0.25) is 0 Å². The van der Waals surface area contributed by atoms with E-state index in [2.05, 4.69) is 20.6 Å². The predicted molar refractivity (Wildman–Crippen MR) is 80.3 cm³/mol. The summed E-state index contributed by atoms with van der Waals surface area (Å²) in [6.07, 6.45) is 5.83. The van der Waals surface area contributed by atoms with Gasteiger partial charge in [0.25, 0.3) is 0 Å². The summed E-state index contributed by atoms with van der Waals surface area (Å²) in [6.45, 7) is 2.60. The minimum atomic E-state index is 0.0571. The molecule has 6 heteroatoms. The molecule has 0 N–H and O–H groups in total. The number of aromatic nitrogens is 3. The molecular formula is C16H16N4O2. The van der Waals surface area contributed by atoms with Gasteiger partial charge in [-0.3, -0.25) is 4.98 Å². The summed E-state index contributed by atoms with van der Waals surface area (Å²) in [5.74, 6) is 0.938. The number of nitrogens with zero attached hydrogens (tertiary/aromatic N) is 4. The highest BCUT2D eigenvalue weighted by molar-refractivity contribution is 5.98. The van der Waals surface area contributed by atoms with Gasteiger partial charge in [0.15, 0.2) is 5.58 Å². The number of nitriles is 1. The molecule has 4 heterocycles. The number of hydrogen-bond acceptors (Lipinski definition) is 5. The molecule has 0 amide bonds. The lowest BCUT2D eigenvalue weighted by atomic mass is 10.0. The van der Waals surface area contributed by atoms with Crippen LogP contribution in [0.25, 0.3) is 22.1 Å². The molecule has 0 bridgehead atoms. The molecule has 6 nitrogen and oxygen atoms in total. The van der Waals surface area contributed by atoms with Gasteiger partial charge in [-0.05, 0) is 19.8 Å². The number of rotatable bonds is 2. The lowest BCUT2D eigenvalue weighted by Gasteiger charge is -2.29. The van der Waals surface area contributed by atoms with E-state index in [-0.39, 0.29) is 12.1 Å². The van der Waals surface area contributed by atoms with E-state index in [1.807, 2.05) is 13.0 Å². The van der Waals surface area contributed by atoms with Gasteiger partial charge in [-0.15, -0.1) is 0 Å². The van der Waals surface area contributed by atoms with Crippen LogP contribution in [0.2, 0.25) is 0 Å². The van der Waals surface area contributed by atoms with Crippen molar-refractivity contribution in [2.75, 3.05) is 6.61 Å². The fourth-order valence-electron chi connectivity index (χ4n) is 3.30. The molecule has 0 aliphatic carbocycles. The molecule has 2 atom stereocenters. The summed E-state index contributed by atoms with van der Waals surface area (Å²) in [5, 5.41) is 8.78. The van der Waals surface area contributed by atoms with E-state index in [1.165, 1.54) is 0 Å². The molecule has 22 heavy (non-hydrogen) atoms. The van der Waals surface area contributed by atoms with Crippen LogP contribution in [0.4, 0.5) is 0 Å². The van der Waals surface area contributed by atoms with Crippen molar-refractivity contribution in [1.29, 1.82) is 5.26 Å². The summed E-state index contributed by atoms with van der Waals surface area (Å²) in [5.41, 5.74) is 3.45. The van der Waals surface area contributed by atoms with Crippen molar-refractivity contribution in [1.82, 2.24) is 14.5 Å². The number of pyridine rings is 1. The third kappa shape index (κ3) is 1.97. The maximum absolute atomic E-state index is 8.78. The molecule has 0 radical (unpaired) electrons. The van der Waals surface area contributed by atoms with Crippen molar-refractivity contribution >= 4 is 22.1 Å². The highest BCUT2D eigenvalue weighted by atomic mass is 16.5. The average Bonchev–Trinajstić information content (AvgIpc) is 3.11. The third-order valence-electron chi connectivity index (χ3n) is 4.33. The van der Waals surface area contributed by atoms with Crippen LogP contribution in [0.15, 0.2) is 22.9 Å². The summed E-state index contributed by atoms with van der Waals surface area (Å²) in [4.78, 5) is 8.97. The molecule has 1 saturated heterocycles. The lowest BCUT2D eigenvalue weighted by Crippen LogP contribution is -2.28. The standard InChI is InChI=1S/C16H16N4O2/c1-10-19-14-8-18-13-5-7-21-16(13)15(14)20(10)11-2-3-12(4-6-17)22-9-11/h5,7-8,11-12H,2-4,9H2,1H3/t11-,12?/m0/s1. The van der Waals surface area contributed by atoms with Crippen LogP contribution in [0.3, 0.4) is 0 Å². The van der Waals surface area contributed by atoms with Gasteiger partial charge in [-0.2, -0.15) is 5.26 Å². The van der Waals surface area contributed by atoms with E-state index in [0.29, 0.717) is 13.0 Å². The molecule has 1 fully saturated rings. The summed E-state index contributed by atoms with van der Waals surface area (Å²) >= 11 is 0. The summed E-state index contributed by atoms with van der Waals surface area (Å²) in [7, 11) is 0. The van der Waals surface area contributed by atoms with Crippen molar-refractivity contribution < 1.29 is 9.15 Å². The van der Waals surface area contributed by atoms with Gasteiger partial charge in [-0.1, -0.05) is 0 Å². The Labute approximate surface area is 127 Å². The smallest absolute Gasteiger partial charge is 0.178 e. The molecule has 0 aromatic carbocycles. The monoisotopic (exact) mass is 296 g/mol. The highest BCUT2D eigenvalue weighted by Crippen LogP contribution is 2.32. The first-order valence-electron chi connectivity index (χ1n) is 7.47. The number of imidazole rings is 1. The largest absolute Gasteiger partial charge is 0.460 e. The fraction of sp³-hybridized carbons (Fsp3) is 0.438. The topological polar surface area (TPSA) is 76.9 Å². The van der Waals surface area contributed by atoms with E-state index < -0.39 is 0 Å². The Morgan fingerprint density at radius 1 is 1.41 bits per heavy atom. The fourth-order valence-corrected chi connectivity index (χ4v) is 3.30. The second kappa shape index (κ2) is 5.11. The lowest BCUT2D eigenvalue weighted by molar-refractivity contribution is -0.00807. The summed E-state index contributed by atoms with van der Waals surface area (Å²) in [6, 6.07) is 4.26. The average molecular weight is 296 g/mol. The van der Waals surface area contributed by atoms with Crippen LogP contribution in [-0.4, -0.2) is 27.2 Å². The SMILES string of the molecule is Cc1nc2cnc3ccoc3c2n1[C@H]1CCC(CC#N)OC1. The van der Waals surface area contributed by atoms with Gasteiger partial charge in [0, 0.05) is 6.07 Å². The van der Waals surface area contributed by atoms with Gasteiger partial charge >= 0.3 is 0 Å². The van der Waals surface area contributed by atoms with Crippen LogP contribution in [0.1, 0.15) is 31.1 Å². The molecule has 112 valence electrons. The van der Waals surface area contributed by atoms with Gasteiger partial charge < -0.3 is 13.7 Å². The zero-order chi connectivity index (χ0) is 15.1. The van der Waals surface area contributed by atoms with E-state index in [9.17, 15) is 0 Å². The molecule has 1 aliphatic heterocycles. The molecule has 0 saturated carbocycles. The number of hydrogen-bond donors (Lipinski definition) is 0. The van der Waals surface area contributed by atoms with Crippen LogP contribution < -0.4 is 0 Å². The van der Waals surface area contributed by atoms with Crippen molar-refractivity contribution in [2.24, 2.45) is 0 Å². The summed E-state index contributed by atoms with van der Waals surface area (Å²) < 4.78 is 13.7. The zero-order valence-corrected chi connectivity index (χ0v) is 12.3. The van der Waals surface area contributed by atoms with Crippen LogP contribution in [0, 0.1) is 18.3 Å². The van der Waals surface area contributed by atoms with Crippen molar-refractivity contribution in [3.8, 4) is 6.07 Å². The van der Waals surface area contributed by atoms with Crippen LogP contribution in [-0.2, 0) is 4.74 Å². The first kappa shape index (κ1) is 13.3. The molecule has 4 rings (SSSR count). The third-order valence-corrected chi connectivity index (χ3v) is 4.33. The molecule has 1 unspecified atom stereocenters. The van der Waals surface area contributed by atoms with E-state index in [0.717, 1.165) is 40.8 Å². The Morgan fingerprint density at radius 2 is 2.32 bits per heavy atom. The molecule has 3 aromatic heterocycles. The van der Waals surface area contributed by atoms with Crippen LogP contribution >= 0.6 is 0 Å². The minimum Gasteiger partial charge on any atom is -0.460 e. The van der Waals surface area contributed by atoms with E-state index >= 15 is 0 Å². The number of aryl methyl sites for hydroxylation is 1. The Hall–Kier alpha value is -2.39. The minimum absolute atomic E-state index is 0.0571. The maximum Gasteiger partial charge on any atom is 0.178 e. The number of ether oxygens (including phenoxy) is 1. The number of furan rings is 1. The van der Waals surface area contributed by atoms with Crippen LogP contribution in [0.5, 0.6) is 0 Å². The molecule has 0 spiro atoms. The normalized spacial score (nSPS) is 22.2. The van der Waals surface area contributed by atoms with Crippen molar-refractivity contribution in [3.05, 3.63) is 24.4 Å². The zero-order valence-electron chi connectivity index (χ0n) is 12.3. The maximum atomic E-state index is 8.78. The van der Waals surface area contributed by atoms with Crippen molar-refractivity contribution in [3.63, 3.8) is 0 Å². The second-order valence-corrected chi connectivity index (χ2v) is 5.70. The number of fused-ring (bicyclic) bond motifs is 3. The predicted octanol–water partition coefficient (Wildman–Crippen LogP) is 3.12. The van der Waals surface area contributed by atoms with E-state index in [4.69, 9.17) is 14.4 Å². The Morgan fingerprint density at radius 3 is 3.09 bits per heavy atom. The quantitative estimate of drug-likeness (QED) is 0.726.